The van der Waals surface area contributed by atoms with Crippen LogP contribution in [0.15, 0.2) is 23.2 Å². The molecule has 1 heterocycles. The van der Waals surface area contributed by atoms with Gasteiger partial charge >= 0.3 is 0 Å². The molecule has 0 amide bonds. The summed E-state index contributed by atoms with van der Waals surface area (Å²) >= 11 is 0. The normalized spacial score (nSPS) is 17.8. The predicted octanol–water partition coefficient (Wildman–Crippen LogP) is 3.58. The Bertz CT molecular complexity index is 565. The minimum absolute atomic E-state index is 0. The van der Waals surface area contributed by atoms with Crippen molar-refractivity contribution in [2.24, 2.45) is 10.9 Å². The molecule has 6 heteroatoms. The smallest absolute Gasteiger partial charge is 0.191 e. The second-order valence-corrected chi connectivity index (χ2v) is 6.92. The molecule has 0 radical (unpaired) electrons. The van der Waals surface area contributed by atoms with Gasteiger partial charge in [-0.25, -0.2) is 4.39 Å². The molecule has 1 aliphatic heterocycles. The van der Waals surface area contributed by atoms with Crippen molar-refractivity contribution in [3.8, 4) is 0 Å². The van der Waals surface area contributed by atoms with Gasteiger partial charge in [-0.2, -0.15) is 0 Å². The number of guanidine groups is 1. The molecule has 1 fully saturated rings. The highest BCUT2D eigenvalue weighted by molar-refractivity contribution is 14.0. The van der Waals surface area contributed by atoms with Crippen molar-refractivity contribution in [2.45, 2.75) is 40.0 Å². The first kappa shape index (κ1) is 23.1. The second-order valence-electron chi connectivity index (χ2n) is 6.92. The van der Waals surface area contributed by atoms with Gasteiger partial charge < -0.3 is 15.5 Å². The average molecular weight is 476 g/mol. The largest absolute Gasteiger partial charge is 0.357 e. The van der Waals surface area contributed by atoms with Crippen LogP contribution >= 0.6 is 24.0 Å². The lowest BCUT2D eigenvalue weighted by Crippen LogP contribution is -2.38. The zero-order chi connectivity index (χ0) is 18.1. The zero-order valence-corrected chi connectivity index (χ0v) is 18.7. The first-order chi connectivity index (χ1) is 12.1. The zero-order valence-electron chi connectivity index (χ0n) is 16.4. The maximum Gasteiger partial charge on any atom is 0.191 e. The van der Waals surface area contributed by atoms with Gasteiger partial charge in [0.05, 0.1) is 0 Å². The molecule has 2 N–H and O–H groups in total. The van der Waals surface area contributed by atoms with Crippen LogP contribution in [-0.2, 0) is 6.42 Å². The molecule has 1 aromatic rings. The lowest BCUT2D eigenvalue weighted by Gasteiger charge is -2.15. The summed E-state index contributed by atoms with van der Waals surface area (Å²) in [5.74, 6) is 1.38. The molecule has 1 saturated heterocycles. The first-order valence-corrected chi connectivity index (χ1v) is 9.62. The third kappa shape index (κ3) is 7.78. The minimum Gasteiger partial charge on any atom is -0.357 e. The molecule has 0 aromatic heterocycles. The standard InChI is InChI=1S/C20H33FN4.HI/c1-4-11-25-12-9-17(15-25)14-24-20(22-5-2)23-10-8-18-6-7-19(21)13-16(18)3;/h6-7,13,17H,4-5,8-12,14-15H2,1-3H3,(H2,22,23,24);1H. The maximum absolute atomic E-state index is 13.2. The molecular weight excluding hydrogens is 442 g/mol. The van der Waals surface area contributed by atoms with Crippen LogP contribution in [0.2, 0.25) is 0 Å². The van der Waals surface area contributed by atoms with Crippen LogP contribution in [0, 0.1) is 18.7 Å². The molecule has 1 unspecified atom stereocenters. The quantitative estimate of drug-likeness (QED) is 0.343. The lowest BCUT2D eigenvalue weighted by atomic mass is 10.1. The molecule has 4 nitrogen and oxygen atoms in total. The van der Waals surface area contributed by atoms with Crippen LogP contribution in [0.1, 0.15) is 37.8 Å². The number of rotatable bonds is 8. The average Bonchev–Trinajstić information content (AvgIpc) is 3.02. The Morgan fingerprint density at radius 2 is 2.12 bits per heavy atom. The number of nitrogens with one attached hydrogen (secondary N) is 2. The Kier molecular flexibility index (Phi) is 11.1. The molecule has 148 valence electrons. The molecule has 1 aliphatic rings. The molecule has 0 saturated carbocycles. The highest BCUT2D eigenvalue weighted by Gasteiger charge is 2.21. The van der Waals surface area contributed by atoms with E-state index in [-0.39, 0.29) is 29.8 Å². The summed E-state index contributed by atoms with van der Waals surface area (Å²) in [7, 11) is 0. The number of aryl methyl sites for hydroxylation is 1. The lowest BCUT2D eigenvalue weighted by molar-refractivity contribution is 0.326. The summed E-state index contributed by atoms with van der Waals surface area (Å²) in [6.07, 6.45) is 3.34. The summed E-state index contributed by atoms with van der Waals surface area (Å²) in [6.45, 7) is 12.4. The maximum atomic E-state index is 13.2. The van der Waals surface area contributed by atoms with Crippen LogP contribution in [0.25, 0.3) is 0 Å². The van der Waals surface area contributed by atoms with Crippen molar-refractivity contribution in [2.75, 3.05) is 39.3 Å². The van der Waals surface area contributed by atoms with Crippen molar-refractivity contribution < 1.29 is 4.39 Å². The molecule has 0 spiro atoms. The van der Waals surface area contributed by atoms with Crippen molar-refractivity contribution in [1.29, 1.82) is 0 Å². The fourth-order valence-electron chi connectivity index (χ4n) is 3.40. The summed E-state index contributed by atoms with van der Waals surface area (Å²) in [4.78, 5) is 7.31. The van der Waals surface area contributed by atoms with Crippen molar-refractivity contribution >= 4 is 29.9 Å². The molecule has 0 aliphatic carbocycles. The summed E-state index contributed by atoms with van der Waals surface area (Å²) < 4.78 is 13.2. The Balaban J connectivity index is 0.00000338. The number of hydrogen-bond donors (Lipinski definition) is 2. The second kappa shape index (κ2) is 12.5. The summed E-state index contributed by atoms with van der Waals surface area (Å²) in [5, 5.41) is 6.72. The number of halogens is 2. The molecule has 1 atom stereocenters. The van der Waals surface area contributed by atoms with Crippen molar-refractivity contribution in [3.05, 3.63) is 35.1 Å². The predicted molar refractivity (Wildman–Crippen MR) is 119 cm³/mol. The first-order valence-electron chi connectivity index (χ1n) is 9.62. The SMILES string of the molecule is CCCN1CCC(CN=C(NCC)NCCc2ccc(F)cc2C)C1.I. The van der Waals surface area contributed by atoms with Crippen molar-refractivity contribution in [3.63, 3.8) is 0 Å². The Morgan fingerprint density at radius 1 is 1.31 bits per heavy atom. The Morgan fingerprint density at radius 3 is 2.81 bits per heavy atom. The fraction of sp³-hybridized carbons (Fsp3) is 0.650. The van der Waals surface area contributed by atoms with Crippen LogP contribution in [0.5, 0.6) is 0 Å². The summed E-state index contributed by atoms with van der Waals surface area (Å²) in [5.41, 5.74) is 2.18. The summed E-state index contributed by atoms with van der Waals surface area (Å²) in [6, 6.07) is 5.00. The third-order valence-electron chi connectivity index (χ3n) is 4.75. The third-order valence-corrected chi connectivity index (χ3v) is 4.75. The van der Waals surface area contributed by atoms with Gasteiger partial charge in [-0.3, -0.25) is 4.99 Å². The van der Waals surface area contributed by atoms with Gasteiger partial charge in [0.1, 0.15) is 5.82 Å². The number of hydrogen-bond acceptors (Lipinski definition) is 2. The van der Waals surface area contributed by atoms with Gasteiger partial charge in [-0.15, -0.1) is 24.0 Å². The van der Waals surface area contributed by atoms with Gasteiger partial charge in [0, 0.05) is 26.2 Å². The van der Waals surface area contributed by atoms with Crippen LogP contribution in [0.3, 0.4) is 0 Å². The van der Waals surface area contributed by atoms with E-state index >= 15 is 0 Å². The van der Waals surface area contributed by atoms with E-state index < -0.39 is 0 Å². The van der Waals surface area contributed by atoms with E-state index in [1.165, 1.54) is 44.1 Å². The Hall–Kier alpha value is -0.890. The van der Waals surface area contributed by atoms with Crippen LogP contribution in [-0.4, -0.2) is 50.1 Å². The monoisotopic (exact) mass is 476 g/mol. The molecule has 2 rings (SSSR count). The van der Waals surface area contributed by atoms with E-state index in [0.29, 0.717) is 5.92 Å². The van der Waals surface area contributed by atoms with Gasteiger partial charge in [0.2, 0.25) is 0 Å². The minimum atomic E-state index is -0.169. The van der Waals surface area contributed by atoms with Gasteiger partial charge in [0.15, 0.2) is 5.96 Å². The van der Waals surface area contributed by atoms with Crippen LogP contribution < -0.4 is 10.6 Å². The van der Waals surface area contributed by atoms with E-state index in [2.05, 4.69) is 29.4 Å². The highest BCUT2D eigenvalue weighted by atomic mass is 127. The highest BCUT2D eigenvalue weighted by Crippen LogP contribution is 2.16. The van der Waals surface area contributed by atoms with E-state index in [4.69, 9.17) is 4.99 Å². The number of likely N-dealkylation sites (tertiary alicyclic amines) is 1. The topological polar surface area (TPSA) is 39.7 Å². The molecule has 1 aromatic carbocycles. The fourth-order valence-corrected chi connectivity index (χ4v) is 3.40. The van der Waals surface area contributed by atoms with E-state index in [1.807, 2.05) is 13.0 Å². The van der Waals surface area contributed by atoms with Crippen molar-refractivity contribution in [1.82, 2.24) is 15.5 Å². The van der Waals surface area contributed by atoms with E-state index in [9.17, 15) is 4.39 Å². The van der Waals surface area contributed by atoms with Gasteiger partial charge in [-0.05, 0) is 75.4 Å². The van der Waals surface area contributed by atoms with Gasteiger partial charge in [0.25, 0.3) is 0 Å². The molecule has 0 bridgehead atoms. The molecular formula is C20H34FIN4. The Labute approximate surface area is 175 Å². The number of benzene rings is 1. The number of aliphatic imine (C=N–C) groups is 1. The van der Waals surface area contributed by atoms with E-state index in [1.54, 1.807) is 6.07 Å². The van der Waals surface area contributed by atoms with E-state index in [0.717, 1.165) is 37.6 Å². The molecule has 26 heavy (non-hydrogen) atoms. The number of nitrogens with zero attached hydrogens (tertiary/aromatic N) is 2. The van der Waals surface area contributed by atoms with Crippen LogP contribution in [0.4, 0.5) is 4.39 Å². The van der Waals surface area contributed by atoms with Gasteiger partial charge in [-0.1, -0.05) is 13.0 Å².